The number of fused-ring (bicyclic) bond motifs is 1. The van der Waals surface area contributed by atoms with E-state index in [1.807, 2.05) is 47.4 Å². The molecule has 2 aliphatic rings. The third kappa shape index (κ3) is 2.25. The summed E-state index contributed by atoms with van der Waals surface area (Å²) in [4.78, 5) is 14.0. The highest BCUT2D eigenvalue weighted by Gasteiger charge is 2.52. The number of carboxylic acid groups (broad SMARTS) is 1. The minimum Gasteiger partial charge on any atom is -0.480 e. The number of β-amino-alcohol motifs (C(OH)–C–C–N with tert-alkyl or cyclic N) is 1. The van der Waals surface area contributed by atoms with Crippen LogP contribution in [0.25, 0.3) is 10.8 Å². The molecule has 0 amide bonds. The van der Waals surface area contributed by atoms with Gasteiger partial charge in [0.05, 0.1) is 6.10 Å². The first-order valence-corrected chi connectivity index (χ1v) is 8.23. The second-order valence-electron chi connectivity index (χ2n) is 6.97. The minimum absolute atomic E-state index is 0.0711. The van der Waals surface area contributed by atoms with Crippen molar-refractivity contribution in [3.8, 4) is 0 Å². The molecule has 1 heterocycles. The van der Waals surface area contributed by atoms with Crippen molar-refractivity contribution in [1.29, 1.82) is 0 Å². The van der Waals surface area contributed by atoms with E-state index in [0.29, 0.717) is 13.1 Å². The van der Waals surface area contributed by atoms with Crippen LogP contribution >= 0.6 is 0 Å². The molecule has 2 aromatic rings. The number of benzene rings is 2. The smallest absolute Gasteiger partial charge is 0.325 e. The Balaban J connectivity index is 1.75. The largest absolute Gasteiger partial charge is 0.480 e. The first kappa shape index (κ1) is 14.7. The molecule has 4 heteroatoms. The Kier molecular flexibility index (Phi) is 3.39. The second-order valence-corrected chi connectivity index (χ2v) is 6.97. The highest BCUT2D eigenvalue weighted by Crippen LogP contribution is 2.50. The molecule has 1 aliphatic carbocycles. The van der Waals surface area contributed by atoms with Crippen LogP contribution in [0.4, 0.5) is 0 Å². The van der Waals surface area contributed by atoms with Crippen molar-refractivity contribution in [2.75, 3.05) is 13.1 Å². The van der Waals surface area contributed by atoms with E-state index in [0.717, 1.165) is 35.6 Å². The van der Waals surface area contributed by atoms with Gasteiger partial charge in [0, 0.05) is 18.5 Å². The van der Waals surface area contributed by atoms with Crippen LogP contribution in [0.2, 0.25) is 0 Å². The second kappa shape index (κ2) is 5.32. The van der Waals surface area contributed by atoms with E-state index in [-0.39, 0.29) is 5.41 Å². The monoisotopic (exact) mass is 311 g/mol. The Morgan fingerprint density at radius 3 is 2.57 bits per heavy atom. The van der Waals surface area contributed by atoms with E-state index in [2.05, 4.69) is 0 Å². The number of aliphatic carboxylic acids is 1. The van der Waals surface area contributed by atoms with Gasteiger partial charge in [-0.15, -0.1) is 0 Å². The van der Waals surface area contributed by atoms with Crippen LogP contribution in [-0.4, -0.2) is 40.3 Å². The quantitative estimate of drug-likeness (QED) is 0.915. The lowest BCUT2D eigenvalue weighted by Gasteiger charge is -2.41. The molecule has 1 spiro atoms. The maximum atomic E-state index is 12.0. The van der Waals surface area contributed by atoms with Crippen molar-refractivity contribution in [2.24, 2.45) is 5.41 Å². The summed E-state index contributed by atoms with van der Waals surface area (Å²) < 4.78 is 0. The number of carboxylic acids is 1. The molecule has 2 fully saturated rings. The van der Waals surface area contributed by atoms with Gasteiger partial charge in [-0.1, -0.05) is 48.9 Å². The van der Waals surface area contributed by atoms with Crippen molar-refractivity contribution in [3.05, 3.63) is 48.0 Å². The van der Waals surface area contributed by atoms with Gasteiger partial charge in [-0.25, -0.2) is 0 Å². The molecule has 23 heavy (non-hydrogen) atoms. The molecule has 0 radical (unpaired) electrons. The van der Waals surface area contributed by atoms with E-state index in [9.17, 15) is 15.0 Å². The Hall–Kier alpha value is -1.91. The van der Waals surface area contributed by atoms with Crippen LogP contribution in [0.3, 0.4) is 0 Å². The number of carbonyl (C=O) groups is 1. The van der Waals surface area contributed by atoms with Gasteiger partial charge in [0.1, 0.15) is 6.04 Å². The summed E-state index contributed by atoms with van der Waals surface area (Å²) >= 11 is 0. The summed E-state index contributed by atoms with van der Waals surface area (Å²) in [7, 11) is 0. The summed E-state index contributed by atoms with van der Waals surface area (Å²) in [6.45, 7) is 1.12. The number of hydrogen-bond acceptors (Lipinski definition) is 3. The molecule has 1 saturated carbocycles. The first-order chi connectivity index (χ1) is 11.1. The van der Waals surface area contributed by atoms with Crippen LogP contribution < -0.4 is 0 Å². The fraction of sp³-hybridized carbons (Fsp3) is 0.421. The van der Waals surface area contributed by atoms with E-state index in [4.69, 9.17) is 0 Å². The molecule has 2 aromatic carbocycles. The summed E-state index contributed by atoms with van der Waals surface area (Å²) in [5.41, 5.74) is 0.748. The molecule has 0 bridgehead atoms. The number of aliphatic hydroxyl groups is 1. The summed E-state index contributed by atoms with van der Waals surface area (Å²) in [5, 5.41) is 22.3. The molecular formula is C19H21NO3. The maximum Gasteiger partial charge on any atom is 0.325 e. The molecule has 2 N–H and O–H groups in total. The van der Waals surface area contributed by atoms with Crippen molar-refractivity contribution < 1.29 is 15.0 Å². The predicted octanol–water partition coefficient (Wildman–Crippen LogP) is 2.81. The lowest BCUT2D eigenvalue weighted by atomic mass is 9.67. The Labute approximate surface area is 135 Å². The highest BCUT2D eigenvalue weighted by molar-refractivity contribution is 5.90. The molecule has 4 rings (SSSR count). The zero-order chi connectivity index (χ0) is 16.0. The van der Waals surface area contributed by atoms with E-state index < -0.39 is 18.1 Å². The van der Waals surface area contributed by atoms with Crippen molar-refractivity contribution in [2.45, 2.75) is 31.4 Å². The third-order valence-electron chi connectivity index (χ3n) is 5.70. The molecule has 0 aromatic heterocycles. The average molecular weight is 311 g/mol. The van der Waals surface area contributed by atoms with E-state index >= 15 is 0 Å². The molecule has 120 valence electrons. The highest BCUT2D eigenvalue weighted by atomic mass is 16.4. The Morgan fingerprint density at radius 2 is 1.91 bits per heavy atom. The first-order valence-electron chi connectivity index (χ1n) is 8.23. The number of nitrogens with zero attached hydrogens (tertiary/aromatic N) is 1. The molecule has 2 unspecified atom stereocenters. The van der Waals surface area contributed by atoms with Crippen LogP contribution in [0.15, 0.2) is 42.5 Å². The maximum absolute atomic E-state index is 12.0. The van der Waals surface area contributed by atoms with Crippen LogP contribution in [0.1, 0.15) is 30.9 Å². The van der Waals surface area contributed by atoms with Gasteiger partial charge in [0.2, 0.25) is 0 Å². The van der Waals surface area contributed by atoms with Crippen molar-refractivity contribution >= 4 is 16.7 Å². The van der Waals surface area contributed by atoms with Gasteiger partial charge >= 0.3 is 5.97 Å². The molecule has 4 nitrogen and oxygen atoms in total. The van der Waals surface area contributed by atoms with Gasteiger partial charge in [0.25, 0.3) is 0 Å². The van der Waals surface area contributed by atoms with Gasteiger partial charge in [-0.2, -0.15) is 0 Å². The summed E-state index contributed by atoms with van der Waals surface area (Å²) in [5.74, 6) is -0.843. The fourth-order valence-electron chi connectivity index (χ4n) is 4.28. The lowest BCUT2D eigenvalue weighted by Crippen LogP contribution is -2.41. The Bertz CT molecular complexity index is 748. The topological polar surface area (TPSA) is 60.8 Å². The van der Waals surface area contributed by atoms with Crippen molar-refractivity contribution in [1.82, 2.24) is 4.90 Å². The number of rotatable bonds is 3. The molecule has 1 saturated heterocycles. The van der Waals surface area contributed by atoms with Crippen LogP contribution in [0, 0.1) is 5.41 Å². The summed E-state index contributed by atoms with van der Waals surface area (Å²) in [6.07, 6.45) is 2.74. The zero-order valence-corrected chi connectivity index (χ0v) is 13.0. The third-order valence-corrected chi connectivity index (χ3v) is 5.70. The predicted molar refractivity (Wildman–Crippen MR) is 88.2 cm³/mol. The molecule has 1 aliphatic heterocycles. The van der Waals surface area contributed by atoms with E-state index in [1.54, 1.807) is 0 Å². The SMILES string of the molecule is O=C(O)C(c1cccc2ccccc12)N1CC(O)C2(CCC2)C1. The summed E-state index contributed by atoms with van der Waals surface area (Å²) in [6, 6.07) is 13.0. The van der Waals surface area contributed by atoms with Crippen LogP contribution in [-0.2, 0) is 4.79 Å². The van der Waals surface area contributed by atoms with E-state index in [1.165, 1.54) is 0 Å². The number of aliphatic hydroxyl groups excluding tert-OH is 1. The van der Waals surface area contributed by atoms with Gasteiger partial charge in [-0.3, -0.25) is 9.69 Å². The van der Waals surface area contributed by atoms with Crippen molar-refractivity contribution in [3.63, 3.8) is 0 Å². The average Bonchev–Trinajstić information content (AvgIpc) is 2.85. The normalized spacial score (nSPS) is 24.7. The zero-order valence-electron chi connectivity index (χ0n) is 13.0. The van der Waals surface area contributed by atoms with Gasteiger partial charge in [0.15, 0.2) is 0 Å². The fourth-order valence-corrected chi connectivity index (χ4v) is 4.28. The van der Waals surface area contributed by atoms with Gasteiger partial charge in [-0.05, 0) is 29.2 Å². The molecule has 2 atom stereocenters. The lowest BCUT2D eigenvalue weighted by molar-refractivity contribution is -0.143. The minimum atomic E-state index is -0.843. The van der Waals surface area contributed by atoms with Crippen LogP contribution in [0.5, 0.6) is 0 Å². The number of likely N-dealkylation sites (tertiary alicyclic amines) is 1. The number of hydrogen-bond donors (Lipinski definition) is 2. The molecular weight excluding hydrogens is 290 g/mol. The Morgan fingerprint density at radius 1 is 1.17 bits per heavy atom. The standard InChI is InChI=1S/C19H21NO3/c21-16-11-20(12-19(16)9-4-10-19)17(18(22)23)15-8-3-6-13-5-1-2-7-14(13)15/h1-3,5-8,16-17,21H,4,9-12H2,(H,22,23). The van der Waals surface area contributed by atoms with Gasteiger partial charge < -0.3 is 10.2 Å².